The van der Waals surface area contributed by atoms with Gasteiger partial charge in [-0.1, -0.05) is 39.8 Å². The van der Waals surface area contributed by atoms with Gasteiger partial charge in [-0.2, -0.15) is 0 Å². The van der Waals surface area contributed by atoms with E-state index in [9.17, 15) is 39.0 Å². The molecule has 0 spiro atoms. The van der Waals surface area contributed by atoms with E-state index in [1.54, 1.807) is 26.0 Å². The van der Waals surface area contributed by atoms with Gasteiger partial charge < -0.3 is 71.2 Å². The molecule has 0 aliphatic heterocycles. The highest BCUT2D eigenvalue weighted by atomic mass is 16.4. The van der Waals surface area contributed by atoms with Crippen molar-refractivity contribution in [3.63, 3.8) is 0 Å². The third-order valence-electron chi connectivity index (χ3n) is 9.04. The van der Waals surface area contributed by atoms with Gasteiger partial charge in [0.25, 0.3) is 0 Å². The number of carbonyl (C=O) groups excluding carboxylic acids is 5. The van der Waals surface area contributed by atoms with Crippen molar-refractivity contribution >= 4 is 47.4 Å². The van der Waals surface area contributed by atoms with E-state index in [1.807, 2.05) is 13.8 Å². The number of phenolic OH excluding ortho intramolecular Hbond substituents is 1. The molecular weight excluding hydrogens is 767 g/mol. The third-order valence-corrected chi connectivity index (χ3v) is 9.04. The van der Waals surface area contributed by atoms with Crippen LogP contribution in [0.15, 0.2) is 34.3 Å². The minimum Gasteiger partial charge on any atom is -0.508 e. The molecule has 0 heterocycles. The van der Waals surface area contributed by atoms with E-state index in [1.165, 1.54) is 12.1 Å². The van der Waals surface area contributed by atoms with Crippen LogP contribution in [0.1, 0.15) is 84.6 Å². The number of benzene rings is 1. The molecule has 21 heteroatoms. The van der Waals surface area contributed by atoms with Crippen LogP contribution in [-0.2, 0) is 35.2 Å². The first kappa shape index (κ1) is 51.3. The van der Waals surface area contributed by atoms with E-state index in [0.717, 1.165) is 0 Å². The first-order valence-corrected chi connectivity index (χ1v) is 19.8. The lowest BCUT2D eigenvalue weighted by Crippen LogP contribution is -2.60. The predicted molar refractivity (Wildman–Crippen MR) is 224 cm³/mol. The lowest BCUT2D eigenvalue weighted by atomic mass is 9.99. The van der Waals surface area contributed by atoms with Gasteiger partial charge in [0.1, 0.15) is 36.0 Å². The summed E-state index contributed by atoms with van der Waals surface area (Å²) in [5, 5.41) is 32.9. The van der Waals surface area contributed by atoms with Crippen molar-refractivity contribution in [2.45, 2.75) is 122 Å². The summed E-state index contributed by atoms with van der Waals surface area (Å²) in [7, 11) is 0. The van der Waals surface area contributed by atoms with Crippen LogP contribution in [0, 0.1) is 11.8 Å². The average Bonchev–Trinajstić information content (AvgIpc) is 3.15. The third kappa shape index (κ3) is 21.0. The number of nitrogens with one attached hydrogen (secondary N) is 5. The van der Waals surface area contributed by atoms with Crippen LogP contribution in [0.25, 0.3) is 0 Å². The summed E-state index contributed by atoms with van der Waals surface area (Å²) in [5.41, 5.74) is 33.8. The monoisotopic (exact) mass is 834 g/mol. The Morgan fingerprint density at radius 3 is 1.64 bits per heavy atom. The maximum Gasteiger partial charge on any atom is 0.326 e. The van der Waals surface area contributed by atoms with Crippen LogP contribution in [0.5, 0.6) is 5.75 Å². The summed E-state index contributed by atoms with van der Waals surface area (Å²) in [6, 6.07) is -1.15. The highest BCUT2D eigenvalue weighted by molar-refractivity contribution is 5.96. The van der Waals surface area contributed by atoms with Crippen molar-refractivity contribution < 1.29 is 39.0 Å². The normalized spacial score (nSPS) is 14.1. The van der Waals surface area contributed by atoms with Crippen LogP contribution >= 0.6 is 0 Å². The van der Waals surface area contributed by atoms with Crippen LogP contribution in [0.2, 0.25) is 0 Å². The minimum absolute atomic E-state index is 0.0223. The summed E-state index contributed by atoms with van der Waals surface area (Å²) in [4.78, 5) is 88.2. The minimum atomic E-state index is -1.29. The number of amides is 5. The molecule has 332 valence electrons. The highest BCUT2D eigenvalue weighted by Gasteiger charge is 2.34. The molecule has 0 fully saturated rings. The highest BCUT2D eigenvalue weighted by Crippen LogP contribution is 2.14. The molecule has 0 unspecified atom stereocenters. The standard InChI is InChI=1S/C38H67N13O8/c1-21(2)19-28(33(55)50-29(20-23-12-14-24(52)15-13-23)34(56)48-27(36(58)59)10-5-6-16-39)49-32(54)26(11-8-18-46-38(43)44)47-35(57)30(22(3)4)51-31(53)25(40)9-7-17-45-37(41)42/h12-15,21-22,25-30,52H,5-11,16-20,39-40H2,1-4H3,(H,47,57)(H,48,56)(H,49,54)(H,50,55)(H,51,53)(H,58,59)(H4,41,42,45)(H4,43,44,46)/t25-,26-,27-,28-,29-,30-/m0/s1. The van der Waals surface area contributed by atoms with Crippen molar-refractivity contribution in [3.05, 3.63) is 29.8 Å². The van der Waals surface area contributed by atoms with Gasteiger partial charge in [0.2, 0.25) is 29.5 Å². The number of phenols is 1. The van der Waals surface area contributed by atoms with Crippen LogP contribution in [0.3, 0.4) is 0 Å². The van der Waals surface area contributed by atoms with Gasteiger partial charge in [0.05, 0.1) is 6.04 Å². The fourth-order valence-electron chi connectivity index (χ4n) is 5.83. The van der Waals surface area contributed by atoms with Crippen molar-refractivity contribution in [1.82, 2.24) is 26.6 Å². The van der Waals surface area contributed by atoms with Crippen molar-refractivity contribution in [2.24, 2.45) is 56.2 Å². The number of nitrogens with zero attached hydrogens (tertiary/aromatic N) is 2. The number of guanidine groups is 2. The number of rotatable bonds is 28. The van der Waals surface area contributed by atoms with Gasteiger partial charge in [-0.25, -0.2) is 4.79 Å². The lowest BCUT2D eigenvalue weighted by molar-refractivity contribution is -0.142. The summed E-state index contributed by atoms with van der Waals surface area (Å²) in [6.07, 6.45) is 2.03. The van der Waals surface area contributed by atoms with E-state index in [-0.39, 0.29) is 75.2 Å². The van der Waals surface area contributed by atoms with Crippen molar-refractivity contribution in [3.8, 4) is 5.75 Å². The van der Waals surface area contributed by atoms with E-state index in [0.29, 0.717) is 31.4 Å². The Labute approximate surface area is 345 Å². The van der Waals surface area contributed by atoms with E-state index < -0.39 is 77.7 Å². The second-order valence-corrected chi connectivity index (χ2v) is 15.1. The molecule has 0 aromatic heterocycles. The average molecular weight is 834 g/mol. The zero-order valence-corrected chi connectivity index (χ0v) is 34.6. The number of hydrogen-bond acceptors (Lipinski definition) is 11. The Balaban J connectivity index is 3.37. The molecule has 1 aromatic carbocycles. The van der Waals surface area contributed by atoms with E-state index in [2.05, 4.69) is 36.6 Å². The second-order valence-electron chi connectivity index (χ2n) is 15.1. The quantitative estimate of drug-likeness (QED) is 0.0240. The number of carbonyl (C=O) groups is 6. The molecule has 19 N–H and O–H groups in total. The Morgan fingerprint density at radius 2 is 1.12 bits per heavy atom. The first-order chi connectivity index (χ1) is 27.7. The molecule has 1 rings (SSSR count). The Morgan fingerprint density at radius 1 is 0.627 bits per heavy atom. The van der Waals surface area contributed by atoms with Gasteiger partial charge in [-0.05, 0) is 87.4 Å². The number of aliphatic imine (C=N–C) groups is 2. The van der Waals surface area contributed by atoms with Gasteiger partial charge in [-0.3, -0.25) is 34.0 Å². The first-order valence-electron chi connectivity index (χ1n) is 19.8. The maximum absolute atomic E-state index is 14.0. The Kier molecular flexibility index (Phi) is 23.5. The smallest absolute Gasteiger partial charge is 0.326 e. The van der Waals surface area contributed by atoms with Gasteiger partial charge in [-0.15, -0.1) is 0 Å². The fraction of sp³-hybridized carbons (Fsp3) is 0.632. The molecule has 1 aromatic rings. The molecule has 0 aliphatic rings. The molecule has 0 bridgehead atoms. The summed E-state index contributed by atoms with van der Waals surface area (Å²) in [6.45, 7) is 7.77. The molecule has 59 heavy (non-hydrogen) atoms. The summed E-state index contributed by atoms with van der Waals surface area (Å²) >= 11 is 0. The van der Waals surface area contributed by atoms with Crippen LogP contribution in [0.4, 0.5) is 0 Å². The number of carboxylic acids is 1. The number of hydrogen-bond donors (Lipinski definition) is 13. The molecule has 6 atom stereocenters. The largest absolute Gasteiger partial charge is 0.508 e. The Bertz CT molecular complexity index is 1560. The predicted octanol–water partition coefficient (Wildman–Crippen LogP) is -2.29. The molecule has 0 radical (unpaired) electrons. The number of unbranched alkanes of at least 4 members (excludes halogenated alkanes) is 1. The number of carboxylic acid groups (broad SMARTS) is 1. The zero-order chi connectivity index (χ0) is 44.7. The maximum atomic E-state index is 14.0. The molecule has 0 saturated heterocycles. The lowest BCUT2D eigenvalue weighted by Gasteiger charge is -2.28. The second kappa shape index (κ2) is 27.1. The van der Waals surface area contributed by atoms with E-state index >= 15 is 0 Å². The molecule has 0 saturated carbocycles. The SMILES string of the molecule is CC(C)C[C@H](NC(=O)[C@H](CCCN=C(N)N)NC(=O)[C@@H](NC(=O)[C@@H](N)CCCN=C(N)N)C(C)C)C(=O)N[C@@H](Cc1ccc(O)cc1)C(=O)N[C@@H](CCCCN)C(=O)O. The fourth-order valence-corrected chi connectivity index (χ4v) is 5.83. The summed E-state index contributed by atoms with van der Waals surface area (Å²) < 4.78 is 0. The van der Waals surface area contributed by atoms with Crippen molar-refractivity contribution in [1.29, 1.82) is 0 Å². The van der Waals surface area contributed by atoms with Crippen molar-refractivity contribution in [2.75, 3.05) is 19.6 Å². The number of aliphatic carboxylic acids is 1. The number of aromatic hydroxyl groups is 1. The summed E-state index contributed by atoms with van der Waals surface area (Å²) in [5.74, 6) is -5.66. The van der Waals surface area contributed by atoms with Crippen LogP contribution in [-0.4, -0.2) is 114 Å². The van der Waals surface area contributed by atoms with Gasteiger partial charge in [0, 0.05) is 19.5 Å². The molecule has 5 amide bonds. The molecular formula is C38H67N13O8. The van der Waals surface area contributed by atoms with E-state index in [4.69, 9.17) is 34.4 Å². The van der Waals surface area contributed by atoms with Gasteiger partial charge in [0.15, 0.2) is 11.9 Å². The zero-order valence-electron chi connectivity index (χ0n) is 34.6. The topological polar surface area (TPSA) is 384 Å². The molecule has 21 nitrogen and oxygen atoms in total. The Hall–Kier alpha value is -5.70. The van der Waals surface area contributed by atoms with Crippen LogP contribution < -0.4 is 61.0 Å². The number of nitrogens with two attached hydrogens (primary N) is 6. The molecule has 0 aliphatic carbocycles. The van der Waals surface area contributed by atoms with Gasteiger partial charge >= 0.3 is 5.97 Å².